The summed E-state index contributed by atoms with van der Waals surface area (Å²) in [6, 6.07) is 3.88. The number of carbonyl (C=O) groups excluding carboxylic acids is 1. The molecule has 1 aliphatic heterocycles. The lowest BCUT2D eigenvalue weighted by atomic mass is 9.93. The first-order valence-corrected chi connectivity index (χ1v) is 6.46. The molecule has 0 bridgehead atoms. The van der Waals surface area contributed by atoms with E-state index >= 15 is 0 Å². The second kappa shape index (κ2) is 5.48. The highest BCUT2D eigenvalue weighted by Crippen LogP contribution is 2.21. The van der Waals surface area contributed by atoms with E-state index in [4.69, 9.17) is 0 Å². The third-order valence-electron chi connectivity index (χ3n) is 3.57. The predicted octanol–water partition coefficient (Wildman–Crippen LogP) is 1.39. The Kier molecular flexibility index (Phi) is 3.97. The van der Waals surface area contributed by atoms with Crippen molar-refractivity contribution >= 4 is 5.91 Å². The highest BCUT2D eigenvalue weighted by Gasteiger charge is 2.29. The van der Waals surface area contributed by atoms with Crippen LogP contribution >= 0.6 is 0 Å². The van der Waals surface area contributed by atoms with E-state index in [1.165, 1.54) is 0 Å². The summed E-state index contributed by atoms with van der Waals surface area (Å²) in [4.78, 5) is 17.8. The Balaban J connectivity index is 1.79. The smallest absolute Gasteiger partial charge is 0.222 e. The maximum absolute atomic E-state index is 12.0. The first-order chi connectivity index (χ1) is 8.57. The minimum Gasteiger partial charge on any atom is -0.390 e. The largest absolute Gasteiger partial charge is 0.390 e. The van der Waals surface area contributed by atoms with Gasteiger partial charge in [0.2, 0.25) is 5.91 Å². The van der Waals surface area contributed by atoms with Crippen molar-refractivity contribution in [1.29, 1.82) is 0 Å². The van der Waals surface area contributed by atoms with Crippen LogP contribution in [0.15, 0.2) is 24.5 Å². The molecule has 0 spiro atoms. The second-order valence-electron chi connectivity index (χ2n) is 5.23. The fraction of sp³-hybridized carbons (Fsp3) is 0.571. The van der Waals surface area contributed by atoms with Crippen molar-refractivity contribution in [2.45, 2.75) is 38.2 Å². The summed E-state index contributed by atoms with van der Waals surface area (Å²) >= 11 is 0. The molecule has 0 atom stereocenters. The lowest BCUT2D eigenvalue weighted by molar-refractivity contribution is -0.134. The molecule has 0 unspecified atom stereocenters. The van der Waals surface area contributed by atoms with E-state index in [0.717, 1.165) is 12.0 Å². The SMILES string of the molecule is CC1(O)CCN(C(=O)CCc2ccncc2)CC1. The normalized spacial score (nSPS) is 18.7. The molecule has 0 radical (unpaired) electrons. The van der Waals surface area contributed by atoms with Gasteiger partial charge in [-0.05, 0) is 43.9 Å². The van der Waals surface area contributed by atoms with Crippen LogP contribution in [0.4, 0.5) is 0 Å². The van der Waals surface area contributed by atoms with Gasteiger partial charge in [-0.1, -0.05) is 0 Å². The number of likely N-dealkylation sites (tertiary alicyclic amines) is 1. The summed E-state index contributed by atoms with van der Waals surface area (Å²) in [5.41, 5.74) is 0.546. The van der Waals surface area contributed by atoms with Crippen LogP contribution in [0.25, 0.3) is 0 Å². The molecular formula is C14H20N2O2. The van der Waals surface area contributed by atoms with Gasteiger partial charge in [0.25, 0.3) is 0 Å². The number of pyridine rings is 1. The molecule has 4 nitrogen and oxygen atoms in total. The van der Waals surface area contributed by atoms with Gasteiger partial charge in [0, 0.05) is 31.9 Å². The van der Waals surface area contributed by atoms with Crippen LogP contribution in [0, 0.1) is 0 Å². The van der Waals surface area contributed by atoms with Crippen molar-refractivity contribution in [1.82, 2.24) is 9.88 Å². The Labute approximate surface area is 108 Å². The van der Waals surface area contributed by atoms with Gasteiger partial charge in [-0.25, -0.2) is 0 Å². The van der Waals surface area contributed by atoms with Crippen LogP contribution in [-0.2, 0) is 11.2 Å². The van der Waals surface area contributed by atoms with E-state index in [0.29, 0.717) is 32.4 Å². The van der Waals surface area contributed by atoms with Crippen LogP contribution in [-0.4, -0.2) is 39.6 Å². The van der Waals surface area contributed by atoms with Crippen LogP contribution in [0.1, 0.15) is 31.7 Å². The third kappa shape index (κ3) is 3.53. The van der Waals surface area contributed by atoms with Crippen LogP contribution in [0.3, 0.4) is 0 Å². The molecule has 98 valence electrons. The number of nitrogens with zero attached hydrogens (tertiary/aromatic N) is 2. The van der Waals surface area contributed by atoms with E-state index < -0.39 is 5.60 Å². The van der Waals surface area contributed by atoms with Crippen molar-refractivity contribution in [2.24, 2.45) is 0 Å². The first kappa shape index (κ1) is 13.0. The number of piperidine rings is 1. The number of hydrogen-bond acceptors (Lipinski definition) is 3. The fourth-order valence-corrected chi connectivity index (χ4v) is 2.20. The van der Waals surface area contributed by atoms with Gasteiger partial charge in [-0.3, -0.25) is 9.78 Å². The van der Waals surface area contributed by atoms with Crippen molar-refractivity contribution in [2.75, 3.05) is 13.1 Å². The Morgan fingerprint density at radius 3 is 2.61 bits per heavy atom. The number of carbonyl (C=O) groups is 1. The zero-order valence-corrected chi connectivity index (χ0v) is 10.8. The van der Waals surface area contributed by atoms with Crippen molar-refractivity contribution in [3.63, 3.8) is 0 Å². The van der Waals surface area contributed by atoms with Gasteiger partial charge >= 0.3 is 0 Å². The number of rotatable bonds is 3. The molecule has 18 heavy (non-hydrogen) atoms. The van der Waals surface area contributed by atoms with E-state index in [-0.39, 0.29) is 5.91 Å². The minimum atomic E-state index is -0.595. The highest BCUT2D eigenvalue weighted by atomic mass is 16.3. The molecule has 1 aliphatic rings. The monoisotopic (exact) mass is 248 g/mol. The number of aromatic nitrogens is 1. The quantitative estimate of drug-likeness (QED) is 0.879. The topological polar surface area (TPSA) is 53.4 Å². The predicted molar refractivity (Wildman–Crippen MR) is 69.0 cm³/mol. The third-order valence-corrected chi connectivity index (χ3v) is 3.57. The number of aliphatic hydroxyl groups is 1. The van der Waals surface area contributed by atoms with E-state index in [1.54, 1.807) is 12.4 Å². The van der Waals surface area contributed by atoms with Gasteiger partial charge < -0.3 is 10.0 Å². The van der Waals surface area contributed by atoms with Crippen LogP contribution in [0.5, 0.6) is 0 Å². The molecule has 1 fully saturated rings. The molecule has 1 N–H and O–H groups in total. The molecule has 2 rings (SSSR count). The lowest BCUT2D eigenvalue weighted by Crippen LogP contribution is -2.45. The fourth-order valence-electron chi connectivity index (χ4n) is 2.20. The zero-order valence-electron chi connectivity index (χ0n) is 10.8. The maximum Gasteiger partial charge on any atom is 0.222 e. The van der Waals surface area contributed by atoms with E-state index in [1.807, 2.05) is 24.0 Å². The molecule has 0 aliphatic carbocycles. The molecule has 4 heteroatoms. The lowest BCUT2D eigenvalue weighted by Gasteiger charge is -2.35. The number of amides is 1. The van der Waals surface area contributed by atoms with Gasteiger partial charge in [-0.2, -0.15) is 0 Å². The highest BCUT2D eigenvalue weighted by molar-refractivity contribution is 5.76. The van der Waals surface area contributed by atoms with E-state index in [2.05, 4.69) is 4.98 Å². The van der Waals surface area contributed by atoms with E-state index in [9.17, 15) is 9.90 Å². The maximum atomic E-state index is 12.0. The summed E-state index contributed by atoms with van der Waals surface area (Å²) in [7, 11) is 0. The Bertz CT molecular complexity index is 394. The standard InChI is InChI=1S/C14H20N2O2/c1-14(18)6-10-16(11-7-14)13(17)3-2-12-4-8-15-9-5-12/h4-5,8-9,18H,2-3,6-7,10-11H2,1H3. The van der Waals surface area contributed by atoms with Gasteiger partial charge in [0.1, 0.15) is 0 Å². The van der Waals surface area contributed by atoms with Crippen LogP contribution in [0.2, 0.25) is 0 Å². The Hall–Kier alpha value is -1.42. The minimum absolute atomic E-state index is 0.183. The van der Waals surface area contributed by atoms with Gasteiger partial charge in [-0.15, -0.1) is 0 Å². The Morgan fingerprint density at radius 2 is 2.00 bits per heavy atom. The molecule has 1 saturated heterocycles. The van der Waals surface area contributed by atoms with Crippen molar-refractivity contribution in [3.8, 4) is 0 Å². The summed E-state index contributed by atoms with van der Waals surface area (Å²) in [6.45, 7) is 3.18. The van der Waals surface area contributed by atoms with Crippen molar-refractivity contribution in [3.05, 3.63) is 30.1 Å². The summed E-state index contributed by atoms with van der Waals surface area (Å²) in [5, 5.41) is 9.84. The zero-order chi connectivity index (χ0) is 13.0. The van der Waals surface area contributed by atoms with Gasteiger partial charge in [0.05, 0.1) is 5.60 Å². The Morgan fingerprint density at radius 1 is 1.39 bits per heavy atom. The first-order valence-electron chi connectivity index (χ1n) is 6.46. The molecular weight excluding hydrogens is 228 g/mol. The van der Waals surface area contributed by atoms with Crippen LogP contribution < -0.4 is 0 Å². The van der Waals surface area contributed by atoms with Crippen molar-refractivity contribution < 1.29 is 9.90 Å². The molecule has 1 aromatic heterocycles. The molecule has 2 heterocycles. The average Bonchev–Trinajstić information content (AvgIpc) is 2.37. The molecule has 0 aromatic carbocycles. The number of aryl methyl sites for hydroxylation is 1. The summed E-state index contributed by atoms with van der Waals surface area (Å²) in [6.07, 6.45) is 6.14. The van der Waals surface area contributed by atoms with Gasteiger partial charge in [0.15, 0.2) is 0 Å². The molecule has 1 amide bonds. The number of hydrogen-bond donors (Lipinski definition) is 1. The molecule has 0 saturated carbocycles. The summed E-state index contributed by atoms with van der Waals surface area (Å²) < 4.78 is 0. The summed E-state index contributed by atoms with van der Waals surface area (Å²) in [5.74, 6) is 0.183. The average molecular weight is 248 g/mol. The molecule has 1 aromatic rings. The second-order valence-corrected chi connectivity index (χ2v) is 5.23.